The Labute approximate surface area is 114 Å². The van der Waals surface area contributed by atoms with Gasteiger partial charge in [-0.3, -0.25) is 4.79 Å². The Morgan fingerprint density at radius 2 is 2.06 bits per heavy atom. The number of carboxylic acid groups (broad SMARTS) is 1. The van der Waals surface area contributed by atoms with Gasteiger partial charge in [-0.2, -0.15) is 0 Å². The number of hydrogen-bond donors (Lipinski definition) is 1. The number of aliphatic carboxylic acids is 1. The fraction of sp³-hybridized carbons (Fsp3) is 0.214. The van der Waals surface area contributed by atoms with E-state index in [4.69, 9.17) is 9.84 Å². The molecule has 2 aromatic rings. The zero-order valence-electron chi connectivity index (χ0n) is 9.89. The fourth-order valence-corrected chi connectivity index (χ4v) is 2.40. The maximum Gasteiger partial charge on any atom is 0.307 e. The van der Waals surface area contributed by atoms with Crippen molar-refractivity contribution in [2.75, 3.05) is 0 Å². The predicted molar refractivity (Wildman–Crippen MR) is 74.0 cm³/mol. The van der Waals surface area contributed by atoms with Crippen LogP contribution < -0.4 is 4.74 Å². The van der Waals surface area contributed by atoms with Gasteiger partial charge in [-0.15, -0.1) is 0 Å². The molecule has 0 unspecified atom stereocenters. The molecule has 2 aromatic carbocycles. The first-order chi connectivity index (χ1) is 8.58. The number of carbonyl (C=O) groups is 1. The second-order valence-electron chi connectivity index (χ2n) is 4.13. The minimum atomic E-state index is -0.862. The van der Waals surface area contributed by atoms with Crippen LogP contribution >= 0.6 is 15.9 Å². The molecule has 0 aliphatic carbocycles. The number of ether oxygens (including phenoxy) is 1. The number of fused-ring (bicyclic) bond motifs is 1. The van der Waals surface area contributed by atoms with E-state index in [0.717, 1.165) is 15.2 Å². The van der Waals surface area contributed by atoms with Gasteiger partial charge in [0.15, 0.2) is 0 Å². The first-order valence-electron chi connectivity index (χ1n) is 5.63. The van der Waals surface area contributed by atoms with Crippen LogP contribution in [0.15, 0.2) is 40.9 Å². The van der Waals surface area contributed by atoms with Crippen LogP contribution in [0.3, 0.4) is 0 Å². The predicted octanol–water partition coefficient (Wildman–Crippen LogP) is 3.84. The average Bonchev–Trinajstić information content (AvgIpc) is 2.32. The van der Waals surface area contributed by atoms with E-state index >= 15 is 0 Å². The SMILES string of the molecule is C[C@H](CC(=O)O)Oc1ccc2ccccc2c1Br. The fourth-order valence-electron chi connectivity index (χ4n) is 1.81. The summed E-state index contributed by atoms with van der Waals surface area (Å²) in [4.78, 5) is 10.6. The average molecular weight is 309 g/mol. The minimum absolute atomic E-state index is 0.0146. The summed E-state index contributed by atoms with van der Waals surface area (Å²) in [6.07, 6.45) is -0.376. The van der Waals surface area contributed by atoms with E-state index < -0.39 is 5.97 Å². The van der Waals surface area contributed by atoms with Crippen molar-refractivity contribution in [2.24, 2.45) is 0 Å². The van der Waals surface area contributed by atoms with Gasteiger partial charge in [0.25, 0.3) is 0 Å². The van der Waals surface area contributed by atoms with Gasteiger partial charge in [0.05, 0.1) is 10.9 Å². The molecule has 0 fully saturated rings. The van der Waals surface area contributed by atoms with Crippen LogP contribution in [-0.2, 0) is 4.79 Å². The summed E-state index contributed by atoms with van der Waals surface area (Å²) >= 11 is 3.50. The molecule has 1 atom stereocenters. The quantitative estimate of drug-likeness (QED) is 0.933. The molecule has 0 amide bonds. The maximum absolute atomic E-state index is 10.6. The van der Waals surface area contributed by atoms with E-state index in [1.54, 1.807) is 6.92 Å². The van der Waals surface area contributed by atoms with Gasteiger partial charge in [0.1, 0.15) is 11.9 Å². The van der Waals surface area contributed by atoms with Gasteiger partial charge >= 0.3 is 5.97 Å². The van der Waals surface area contributed by atoms with Crippen LogP contribution in [0.2, 0.25) is 0 Å². The molecule has 2 rings (SSSR count). The van der Waals surface area contributed by atoms with Crippen LogP contribution in [0.1, 0.15) is 13.3 Å². The summed E-state index contributed by atoms with van der Waals surface area (Å²) in [6, 6.07) is 11.8. The van der Waals surface area contributed by atoms with Gasteiger partial charge < -0.3 is 9.84 Å². The summed E-state index contributed by atoms with van der Waals surface area (Å²) in [6.45, 7) is 1.75. The molecule has 0 radical (unpaired) electrons. The zero-order valence-corrected chi connectivity index (χ0v) is 11.5. The minimum Gasteiger partial charge on any atom is -0.489 e. The lowest BCUT2D eigenvalue weighted by Crippen LogP contribution is -2.16. The molecule has 4 heteroatoms. The molecule has 0 saturated heterocycles. The summed E-state index contributed by atoms with van der Waals surface area (Å²) < 4.78 is 6.50. The number of hydrogen-bond acceptors (Lipinski definition) is 2. The van der Waals surface area contributed by atoms with Crippen molar-refractivity contribution in [3.05, 3.63) is 40.9 Å². The highest BCUT2D eigenvalue weighted by atomic mass is 79.9. The first-order valence-corrected chi connectivity index (χ1v) is 6.43. The lowest BCUT2D eigenvalue weighted by Gasteiger charge is -2.15. The molecule has 0 aromatic heterocycles. The summed E-state index contributed by atoms with van der Waals surface area (Å²) in [5.74, 6) is -0.193. The van der Waals surface area contributed by atoms with Gasteiger partial charge in [-0.05, 0) is 39.7 Å². The number of benzene rings is 2. The molecule has 1 N–H and O–H groups in total. The molecule has 0 aliphatic rings. The zero-order chi connectivity index (χ0) is 13.1. The first kappa shape index (κ1) is 12.9. The second-order valence-corrected chi connectivity index (χ2v) is 4.92. The maximum atomic E-state index is 10.6. The van der Waals surface area contributed by atoms with Crippen molar-refractivity contribution in [1.29, 1.82) is 0 Å². The number of carboxylic acids is 1. The van der Waals surface area contributed by atoms with Crippen molar-refractivity contribution in [1.82, 2.24) is 0 Å². The summed E-state index contributed by atoms with van der Waals surface area (Å²) in [7, 11) is 0. The van der Waals surface area contributed by atoms with Gasteiger partial charge in [0, 0.05) is 0 Å². The van der Waals surface area contributed by atoms with Crippen LogP contribution in [0, 0.1) is 0 Å². The van der Waals surface area contributed by atoms with E-state index in [1.165, 1.54) is 0 Å². The van der Waals surface area contributed by atoms with Crippen LogP contribution in [0.4, 0.5) is 0 Å². The van der Waals surface area contributed by atoms with E-state index in [-0.39, 0.29) is 12.5 Å². The third-order valence-electron chi connectivity index (χ3n) is 2.62. The largest absolute Gasteiger partial charge is 0.489 e. The second kappa shape index (κ2) is 5.40. The molecule has 0 saturated carbocycles. The molecule has 94 valence electrons. The van der Waals surface area contributed by atoms with Gasteiger partial charge in [-0.25, -0.2) is 0 Å². The number of halogens is 1. The lowest BCUT2D eigenvalue weighted by atomic mass is 10.1. The van der Waals surface area contributed by atoms with Gasteiger partial charge in [0.2, 0.25) is 0 Å². The van der Waals surface area contributed by atoms with Crippen molar-refractivity contribution in [2.45, 2.75) is 19.4 Å². The van der Waals surface area contributed by atoms with E-state index in [0.29, 0.717) is 5.75 Å². The summed E-state index contributed by atoms with van der Waals surface area (Å²) in [5.41, 5.74) is 0. The Kier molecular flexibility index (Phi) is 3.87. The Morgan fingerprint density at radius 1 is 1.33 bits per heavy atom. The van der Waals surface area contributed by atoms with E-state index in [2.05, 4.69) is 15.9 Å². The van der Waals surface area contributed by atoms with Crippen molar-refractivity contribution >= 4 is 32.7 Å². The standard InChI is InChI=1S/C14H13BrO3/c1-9(8-13(16)17)18-12-7-6-10-4-2-3-5-11(10)14(12)15/h2-7,9H,8H2,1H3,(H,16,17)/t9-/m1/s1. The normalized spacial score (nSPS) is 12.3. The van der Waals surface area contributed by atoms with Crippen molar-refractivity contribution < 1.29 is 14.6 Å². The summed E-state index contributed by atoms with van der Waals surface area (Å²) in [5, 5.41) is 10.9. The third-order valence-corrected chi connectivity index (χ3v) is 3.44. The smallest absolute Gasteiger partial charge is 0.307 e. The monoisotopic (exact) mass is 308 g/mol. The van der Waals surface area contributed by atoms with E-state index in [1.807, 2.05) is 36.4 Å². The third kappa shape index (κ3) is 2.82. The topological polar surface area (TPSA) is 46.5 Å². The lowest BCUT2D eigenvalue weighted by molar-refractivity contribution is -0.138. The Hall–Kier alpha value is -1.55. The number of rotatable bonds is 4. The van der Waals surface area contributed by atoms with Gasteiger partial charge in [-0.1, -0.05) is 30.3 Å². The van der Waals surface area contributed by atoms with Crippen LogP contribution in [0.5, 0.6) is 5.75 Å². The highest BCUT2D eigenvalue weighted by molar-refractivity contribution is 9.10. The van der Waals surface area contributed by atoms with Crippen LogP contribution in [0.25, 0.3) is 10.8 Å². The van der Waals surface area contributed by atoms with Crippen LogP contribution in [-0.4, -0.2) is 17.2 Å². The molecule has 0 aliphatic heterocycles. The van der Waals surface area contributed by atoms with Crippen molar-refractivity contribution in [3.63, 3.8) is 0 Å². The Bertz CT molecular complexity index is 580. The molecular formula is C14H13BrO3. The molecule has 18 heavy (non-hydrogen) atoms. The molecule has 0 spiro atoms. The Balaban J connectivity index is 2.29. The molecular weight excluding hydrogens is 296 g/mol. The van der Waals surface area contributed by atoms with Crippen molar-refractivity contribution in [3.8, 4) is 5.75 Å². The molecule has 0 heterocycles. The highest BCUT2D eigenvalue weighted by Gasteiger charge is 2.12. The molecule has 3 nitrogen and oxygen atoms in total. The molecule has 0 bridgehead atoms. The highest BCUT2D eigenvalue weighted by Crippen LogP contribution is 2.33. The van der Waals surface area contributed by atoms with E-state index in [9.17, 15) is 4.79 Å². The Morgan fingerprint density at radius 3 is 2.78 bits per heavy atom.